The number of nitrogens with one attached hydrogen (secondary N) is 2. The van der Waals surface area contributed by atoms with Crippen LogP contribution in [0.3, 0.4) is 0 Å². The van der Waals surface area contributed by atoms with Gasteiger partial charge in [0.05, 0.1) is 5.69 Å². The molecule has 3 rings (SSSR count). The van der Waals surface area contributed by atoms with E-state index in [4.69, 9.17) is 0 Å². The third-order valence-corrected chi connectivity index (χ3v) is 4.29. The van der Waals surface area contributed by atoms with Crippen molar-refractivity contribution in [1.29, 1.82) is 0 Å². The Morgan fingerprint density at radius 1 is 1.15 bits per heavy atom. The molecule has 0 fully saturated rings. The Morgan fingerprint density at radius 3 is 2.62 bits per heavy atom. The number of carbonyl (C=O) groups is 2. The molecule has 0 aliphatic heterocycles. The Morgan fingerprint density at radius 2 is 1.92 bits per heavy atom. The van der Waals surface area contributed by atoms with E-state index in [9.17, 15) is 9.59 Å². The fourth-order valence-electron chi connectivity index (χ4n) is 3.05. The molecule has 0 aliphatic rings. The molecule has 0 atom stereocenters. The Balaban J connectivity index is 1.99. The van der Waals surface area contributed by atoms with Crippen LogP contribution in [-0.4, -0.2) is 21.2 Å². The molecular formula is C20H22N4O2. The molecule has 1 aromatic carbocycles. The molecule has 26 heavy (non-hydrogen) atoms. The van der Waals surface area contributed by atoms with Crippen molar-refractivity contribution < 1.29 is 9.59 Å². The molecule has 6 nitrogen and oxygen atoms in total. The molecule has 0 spiro atoms. The summed E-state index contributed by atoms with van der Waals surface area (Å²) < 4.78 is 1.81. The first kappa shape index (κ1) is 17.7. The number of rotatable bonds is 4. The molecule has 0 saturated carbocycles. The quantitative estimate of drug-likeness (QED) is 0.753. The lowest BCUT2D eigenvalue weighted by Gasteiger charge is -2.13. The van der Waals surface area contributed by atoms with Gasteiger partial charge in [0, 0.05) is 24.5 Å². The Kier molecular flexibility index (Phi) is 4.75. The Labute approximate surface area is 152 Å². The highest BCUT2D eigenvalue weighted by molar-refractivity contribution is 6.05. The summed E-state index contributed by atoms with van der Waals surface area (Å²) in [5.74, 6) is -0.380. The van der Waals surface area contributed by atoms with Gasteiger partial charge in [-0.2, -0.15) is 0 Å². The molecular weight excluding hydrogens is 328 g/mol. The van der Waals surface area contributed by atoms with E-state index in [1.54, 1.807) is 6.07 Å². The summed E-state index contributed by atoms with van der Waals surface area (Å²) in [5, 5.41) is 5.72. The summed E-state index contributed by atoms with van der Waals surface area (Å²) in [5.41, 5.74) is 5.30. The summed E-state index contributed by atoms with van der Waals surface area (Å²) in [6, 6.07) is 9.39. The van der Waals surface area contributed by atoms with Crippen molar-refractivity contribution in [3.05, 3.63) is 59.0 Å². The molecule has 0 unspecified atom stereocenters. The molecule has 3 aromatic rings. The molecule has 0 radical (unpaired) electrons. The normalized spacial score (nSPS) is 10.8. The summed E-state index contributed by atoms with van der Waals surface area (Å²) in [4.78, 5) is 28.8. The lowest BCUT2D eigenvalue weighted by atomic mass is 10.1. The fourth-order valence-corrected chi connectivity index (χ4v) is 3.05. The first-order valence-electron chi connectivity index (χ1n) is 8.56. The van der Waals surface area contributed by atoms with E-state index in [-0.39, 0.29) is 11.8 Å². The maximum absolute atomic E-state index is 13.0. The molecule has 2 aromatic heterocycles. The number of benzene rings is 1. The molecule has 2 N–H and O–H groups in total. The topological polar surface area (TPSA) is 75.5 Å². The molecule has 0 saturated heterocycles. The van der Waals surface area contributed by atoms with Gasteiger partial charge in [0.2, 0.25) is 5.91 Å². The van der Waals surface area contributed by atoms with Crippen molar-refractivity contribution in [3.8, 4) is 0 Å². The predicted molar refractivity (Wildman–Crippen MR) is 103 cm³/mol. The number of hydrogen-bond donors (Lipinski definition) is 2. The van der Waals surface area contributed by atoms with Gasteiger partial charge in [0.25, 0.3) is 5.91 Å². The lowest BCUT2D eigenvalue weighted by molar-refractivity contribution is -0.114. The van der Waals surface area contributed by atoms with Gasteiger partial charge in [-0.05, 0) is 49.6 Å². The minimum atomic E-state index is -0.227. The first-order valence-corrected chi connectivity index (χ1v) is 8.56. The number of hydrogen-bond acceptors (Lipinski definition) is 3. The minimum absolute atomic E-state index is 0.153. The largest absolute Gasteiger partial charge is 0.326 e. The van der Waals surface area contributed by atoms with Crippen LogP contribution in [0.25, 0.3) is 5.65 Å². The molecule has 0 bridgehead atoms. The number of carbonyl (C=O) groups excluding carboxylic acids is 2. The summed E-state index contributed by atoms with van der Waals surface area (Å²) in [7, 11) is 0. The average molecular weight is 350 g/mol. The number of pyridine rings is 1. The van der Waals surface area contributed by atoms with Gasteiger partial charge in [-0.3, -0.25) is 14.0 Å². The Hall–Kier alpha value is -3.15. The smallest absolute Gasteiger partial charge is 0.274 e. The fraction of sp³-hybridized carbons (Fsp3) is 0.250. The maximum atomic E-state index is 13.0. The zero-order chi connectivity index (χ0) is 18.8. The third-order valence-electron chi connectivity index (χ3n) is 4.29. The summed E-state index contributed by atoms with van der Waals surface area (Å²) in [6.45, 7) is 7.27. The highest BCUT2D eigenvalue weighted by atomic mass is 16.2. The lowest BCUT2D eigenvalue weighted by Crippen LogP contribution is -2.17. The van der Waals surface area contributed by atoms with E-state index in [1.165, 1.54) is 6.92 Å². The monoisotopic (exact) mass is 350 g/mol. The van der Waals surface area contributed by atoms with E-state index in [0.29, 0.717) is 22.8 Å². The van der Waals surface area contributed by atoms with Crippen LogP contribution in [0.5, 0.6) is 0 Å². The van der Waals surface area contributed by atoms with Gasteiger partial charge in [-0.25, -0.2) is 4.98 Å². The van der Waals surface area contributed by atoms with Gasteiger partial charge in [-0.15, -0.1) is 0 Å². The van der Waals surface area contributed by atoms with E-state index in [2.05, 4.69) is 15.6 Å². The Bertz CT molecular complexity index is 1000. The van der Waals surface area contributed by atoms with Gasteiger partial charge >= 0.3 is 0 Å². The van der Waals surface area contributed by atoms with Crippen molar-refractivity contribution in [2.45, 2.75) is 34.1 Å². The van der Waals surface area contributed by atoms with Crippen LogP contribution in [0.15, 0.2) is 36.5 Å². The molecule has 2 amide bonds. The SMILES string of the molecule is CCc1ccc(NC(C)=O)cc1NC(=O)c1c(C)nc2c(C)cccn12. The second-order valence-electron chi connectivity index (χ2n) is 6.29. The zero-order valence-electron chi connectivity index (χ0n) is 15.4. The summed E-state index contributed by atoms with van der Waals surface area (Å²) in [6.07, 6.45) is 2.60. The van der Waals surface area contributed by atoms with Gasteiger partial charge in [0.1, 0.15) is 11.3 Å². The zero-order valence-corrected chi connectivity index (χ0v) is 15.4. The van der Waals surface area contributed by atoms with Crippen LogP contribution in [0.4, 0.5) is 11.4 Å². The average Bonchev–Trinajstić information content (AvgIpc) is 2.92. The van der Waals surface area contributed by atoms with Gasteiger partial charge in [0.15, 0.2) is 0 Å². The van der Waals surface area contributed by atoms with Gasteiger partial charge < -0.3 is 10.6 Å². The van der Waals surface area contributed by atoms with Crippen molar-refractivity contribution >= 4 is 28.8 Å². The van der Waals surface area contributed by atoms with E-state index in [1.807, 2.05) is 55.6 Å². The van der Waals surface area contributed by atoms with Crippen LogP contribution in [0, 0.1) is 13.8 Å². The molecule has 134 valence electrons. The third kappa shape index (κ3) is 3.31. The van der Waals surface area contributed by atoms with Crippen molar-refractivity contribution in [2.24, 2.45) is 0 Å². The highest BCUT2D eigenvalue weighted by Gasteiger charge is 2.18. The second kappa shape index (κ2) is 7.00. The number of anilines is 2. The molecule has 0 aliphatic carbocycles. The van der Waals surface area contributed by atoms with E-state index in [0.717, 1.165) is 23.2 Å². The van der Waals surface area contributed by atoms with Crippen LogP contribution < -0.4 is 10.6 Å². The number of nitrogens with zero attached hydrogens (tertiary/aromatic N) is 2. The van der Waals surface area contributed by atoms with Crippen LogP contribution >= 0.6 is 0 Å². The van der Waals surface area contributed by atoms with Crippen LogP contribution in [-0.2, 0) is 11.2 Å². The van der Waals surface area contributed by atoms with Crippen molar-refractivity contribution in [3.63, 3.8) is 0 Å². The van der Waals surface area contributed by atoms with Crippen molar-refractivity contribution in [2.75, 3.05) is 10.6 Å². The minimum Gasteiger partial charge on any atom is -0.326 e. The number of aromatic nitrogens is 2. The standard InChI is InChI=1S/C20H22N4O2/c1-5-15-8-9-16(22-14(4)25)11-17(15)23-20(26)18-13(3)21-19-12(2)7-6-10-24(18)19/h6-11H,5H2,1-4H3,(H,22,25)(H,23,26). The van der Waals surface area contributed by atoms with E-state index >= 15 is 0 Å². The van der Waals surface area contributed by atoms with E-state index < -0.39 is 0 Å². The number of fused-ring (bicyclic) bond motifs is 1. The van der Waals surface area contributed by atoms with Gasteiger partial charge in [-0.1, -0.05) is 19.1 Å². The number of amides is 2. The second-order valence-corrected chi connectivity index (χ2v) is 6.29. The highest BCUT2D eigenvalue weighted by Crippen LogP contribution is 2.23. The molecule has 6 heteroatoms. The summed E-state index contributed by atoms with van der Waals surface area (Å²) >= 11 is 0. The van der Waals surface area contributed by atoms with Crippen LogP contribution in [0.1, 0.15) is 41.2 Å². The maximum Gasteiger partial charge on any atom is 0.274 e. The first-order chi connectivity index (χ1) is 12.4. The number of aryl methyl sites for hydroxylation is 3. The van der Waals surface area contributed by atoms with Crippen LogP contribution in [0.2, 0.25) is 0 Å². The molecule has 2 heterocycles. The number of imidazole rings is 1. The van der Waals surface area contributed by atoms with Crippen molar-refractivity contribution in [1.82, 2.24) is 9.38 Å². The predicted octanol–water partition coefficient (Wildman–Crippen LogP) is 3.72.